The smallest absolute Gasteiger partial charge is 0.430 e. The zero-order valence-electron chi connectivity index (χ0n) is 8.33. The van der Waals surface area contributed by atoms with Crippen molar-refractivity contribution in [2.75, 3.05) is 0 Å². The summed E-state index contributed by atoms with van der Waals surface area (Å²) in [5.41, 5.74) is 0. The van der Waals surface area contributed by atoms with E-state index in [-0.39, 0.29) is 26.8 Å². The van der Waals surface area contributed by atoms with Crippen LogP contribution in [0.15, 0.2) is 22.7 Å². The monoisotopic (exact) mass is 342 g/mol. The molecular formula is C9H3BrF4N2OS. The average molecular weight is 343 g/mol. The third-order valence-corrected chi connectivity index (χ3v) is 3.20. The zero-order valence-corrected chi connectivity index (χ0v) is 10.7. The van der Waals surface area contributed by atoms with Gasteiger partial charge < -0.3 is 4.74 Å². The lowest BCUT2D eigenvalue weighted by Crippen LogP contribution is -2.03. The van der Waals surface area contributed by atoms with E-state index in [4.69, 9.17) is 4.74 Å². The Hall–Kier alpha value is -1.22. The normalized spacial score (nSPS) is 11.6. The van der Waals surface area contributed by atoms with Crippen molar-refractivity contribution in [2.45, 2.75) is 6.18 Å². The van der Waals surface area contributed by atoms with E-state index in [1.807, 2.05) is 0 Å². The van der Waals surface area contributed by atoms with Crippen LogP contribution < -0.4 is 4.74 Å². The number of halogens is 5. The van der Waals surface area contributed by atoms with Crippen LogP contribution in [0.4, 0.5) is 17.6 Å². The molecule has 0 N–H and O–H groups in total. The first-order valence-electron chi connectivity index (χ1n) is 4.40. The van der Waals surface area contributed by atoms with Crippen molar-refractivity contribution in [3.05, 3.63) is 33.5 Å². The number of hydrogen-bond donors (Lipinski definition) is 0. The molecule has 0 saturated carbocycles. The van der Waals surface area contributed by atoms with Crippen LogP contribution in [0.25, 0.3) is 0 Å². The molecule has 0 aliphatic carbocycles. The van der Waals surface area contributed by atoms with Crippen molar-refractivity contribution < 1.29 is 22.3 Å². The Morgan fingerprint density at radius 2 is 1.94 bits per heavy atom. The number of hydrogen-bond acceptors (Lipinski definition) is 4. The molecule has 0 fully saturated rings. The van der Waals surface area contributed by atoms with Gasteiger partial charge in [-0.15, -0.1) is 5.10 Å². The van der Waals surface area contributed by atoms with Crippen molar-refractivity contribution in [2.24, 2.45) is 0 Å². The average Bonchev–Trinajstić information content (AvgIpc) is 2.72. The Morgan fingerprint density at radius 1 is 1.22 bits per heavy atom. The number of alkyl halides is 3. The highest BCUT2D eigenvalue weighted by atomic mass is 79.9. The molecule has 0 spiro atoms. The topological polar surface area (TPSA) is 35.0 Å². The van der Waals surface area contributed by atoms with Gasteiger partial charge in [0.1, 0.15) is 11.6 Å². The van der Waals surface area contributed by atoms with Crippen LogP contribution in [0, 0.1) is 5.82 Å². The summed E-state index contributed by atoms with van der Waals surface area (Å²) in [6, 6.07) is 3.67. The van der Waals surface area contributed by atoms with Gasteiger partial charge in [-0.05, 0) is 34.1 Å². The number of nitrogens with zero attached hydrogens (tertiary/aromatic N) is 2. The van der Waals surface area contributed by atoms with Gasteiger partial charge in [-0.3, -0.25) is 0 Å². The largest absolute Gasteiger partial charge is 0.445 e. The van der Waals surface area contributed by atoms with E-state index in [9.17, 15) is 17.6 Å². The molecular weight excluding hydrogens is 340 g/mol. The van der Waals surface area contributed by atoms with Gasteiger partial charge in [-0.1, -0.05) is 16.4 Å². The molecule has 9 heteroatoms. The van der Waals surface area contributed by atoms with Crippen molar-refractivity contribution in [1.82, 2.24) is 10.2 Å². The molecule has 18 heavy (non-hydrogen) atoms. The molecule has 0 radical (unpaired) electrons. The summed E-state index contributed by atoms with van der Waals surface area (Å²) in [5.74, 6) is -0.344. The van der Waals surface area contributed by atoms with Crippen LogP contribution in [0.2, 0.25) is 0 Å². The molecule has 0 aliphatic rings. The molecule has 0 atom stereocenters. The lowest BCUT2D eigenvalue weighted by atomic mass is 10.3. The van der Waals surface area contributed by atoms with Gasteiger partial charge in [0.15, 0.2) is 0 Å². The van der Waals surface area contributed by atoms with E-state index < -0.39 is 17.0 Å². The fraction of sp³-hybridized carbons (Fsp3) is 0.111. The summed E-state index contributed by atoms with van der Waals surface area (Å²) in [4.78, 5) is 0. The number of benzene rings is 1. The van der Waals surface area contributed by atoms with E-state index in [0.717, 1.165) is 6.07 Å². The van der Waals surface area contributed by atoms with Crippen molar-refractivity contribution >= 4 is 27.3 Å². The van der Waals surface area contributed by atoms with E-state index in [0.29, 0.717) is 0 Å². The number of aromatic nitrogens is 2. The van der Waals surface area contributed by atoms with Gasteiger partial charge in [-0.25, -0.2) is 4.39 Å². The second-order valence-corrected chi connectivity index (χ2v) is 4.84. The Bertz CT molecular complexity index is 572. The minimum Gasteiger partial charge on any atom is -0.430 e. The molecule has 0 amide bonds. The molecule has 0 bridgehead atoms. The Kier molecular flexibility index (Phi) is 3.53. The Balaban J connectivity index is 2.19. The third-order valence-electron chi connectivity index (χ3n) is 1.75. The molecule has 1 heterocycles. The van der Waals surface area contributed by atoms with Crippen LogP contribution in [0.1, 0.15) is 5.01 Å². The maximum absolute atomic E-state index is 12.9. The van der Waals surface area contributed by atoms with E-state index in [1.165, 1.54) is 12.1 Å². The summed E-state index contributed by atoms with van der Waals surface area (Å²) >= 11 is 3.19. The summed E-state index contributed by atoms with van der Waals surface area (Å²) in [6.45, 7) is 0. The maximum Gasteiger partial charge on any atom is 0.445 e. The summed E-state index contributed by atoms with van der Waals surface area (Å²) in [7, 11) is 0. The molecule has 2 aromatic rings. The van der Waals surface area contributed by atoms with Gasteiger partial charge >= 0.3 is 6.18 Å². The van der Waals surface area contributed by atoms with Gasteiger partial charge in [0, 0.05) is 0 Å². The number of ether oxygens (including phenoxy) is 1. The summed E-state index contributed by atoms with van der Waals surface area (Å²) in [6.07, 6.45) is -4.55. The Morgan fingerprint density at radius 3 is 2.50 bits per heavy atom. The quantitative estimate of drug-likeness (QED) is 0.765. The lowest BCUT2D eigenvalue weighted by Gasteiger charge is -2.02. The highest BCUT2D eigenvalue weighted by Gasteiger charge is 2.36. The van der Waals surface area contributed by atoms with Crippen LogP contribution in [-0.2, 0) is 6.18 Å². The highest BCUT2D eigenvalue weighted by molar-refractivity contribution is 9.10. The van der Waals surface area contributed by atoms with E-state index >= 15 is 0 Å². The first-order chi connectivity index (χ1) is 8.36. The number of rotatable bonds is 2. The predicted molar refractivity (Wildman–Crippen MR) is 59.1 cm³/mol. The highest BCUT2D eigenvalue weighted by Crippen LogP contribution is 2.35. The van der Waals surface area contributed by atoms with E-state index in [1.54, 1.807) is 0 Å². The molecule has 1 aromatic carbocycles. The Labute approximate surface area is 111 Å². The second kappa shape index (κ2) is 4.81. The standard InChI is InChI=1S/C9H3BrF4N2OS/c10-5-3-4(1-2-6(5)11)17-8-16-15-7(18-8)9(12,13)14/h1-3H. The van der Waals surface area contributed by atoms with Crippen molar-refractivity contribution in [3.63, 3.8) is 0 Å². The first kappa shape index (κ1) is 13.2. The predicted octanol–water partition coefficient (Wildman–Crippen LogP) is 4.25. The van der Waals surface area contributed by atoms with Crippen LogP contribution in [-0.4, -0.2) is 10.2 Å². The van der Waals surface area contributed by atoms with Crippen molar-refractivity contribution in [3.8, 4) is 10.9 Å². The minimum atomic E-state index is -4.55. The van der Waals surface area contributed by atoms with Gasteiger partial charge in [0.05, 0.1) is 4.47 Å². The first-order valence-corrected chi connectivity index (χ1v) is 6.01. The van der Waals surface area contributed by atoms with Crippen LogP contribution in [0.3, 0.4) is 0 Å². The van der Waals surface area contributed by atoms with Crippen LogP contribution in [0.5, 0.6) is 10.9 Å². The second-order valence-electron chi connectivity index (χ2n) is 3.05. The fourth-order valence-electron chi connectivity index (χ4n) is 1.01. The zero-order chi connectivity index (χ0) is 13.3. The maximum atomic E-state index is 12.9. The summed E-state index contributed by atoms with van der Waals surface area (Å²) < 4.78 is 54.9. The molecule has 1 aromatic heterocycles. The SMILES string of the molecule is Fc1ccc(Oc2nnc(C(F)(F)F)s2)cc1Br. The third kappa shape index (κ3) is 2.96. The van der Waals surface area contributed by atoms with Gasteiger partial charge in [0.2, 0.25) is 5.01 Å². The molecule has 2 rings (SSSR count). The molecule has 0 saturated heterocycles. The van der Waals surface area contributed by atoms with Crippen LogP contribution >= 0.6 is 27.3 Å². The lowest BCUT2D eigenvalue weighted by molar-refractivity contribution is -0.138. The van der Waals surface area contributed by atoms with Gasteiger partial charge in [0.25, 0.3) is 5.19 Å². The van der Waals surface area contributed by atoms with Gasteiger partial charge in [-0.2, -0.15) is 13.2 Å². The molecule has 3 nitrogen and oxygen atoms in total. The summed E-state index contributed by atoms with van der Waals surface area (Å²) in [5, 5.41) is 4.84. The molecule has 0 aliphatic heterocycles. The molecule has 96 valence electrons. The fourth-order valence-corrected chi connectivity index (χ4v) is 1.95. The van der Waals surface area contributed by atoms with Crippen molar-refractivity contribution in [1.29, 1.82) is 0 Å². The minimum absolute atomic E-state index is 0.139. The molecule has 0 unspecified atom stereocenters. The van der Waals surface area contributed by atoms with E-state index in [2.05, 4.69) is 26.1 Å².